The van der Waals surface area contributed by atoms with E-state index in [0.717, 1.165) is 6.42 Å². The van der Waals surface area contributed by atoms with E-state index in [9.17, 15) is 0 Å². The van der Waals surface area contributed by atoms with Crippen LogP contribution in [0.3, 0.4) is 0 Å². The minimum atomic E-state index is 0.398. The molecule has 0 saturated heterocycles. The van der Waals surface area contributed by atoms with Gasteiger partial charge in [0, 0.05) is 6.04 Å². The molecule has 0 spiro atoms. The number of nitrogens with one attached hydrogen (secondary N) is 1. The summed E-state index contributed by atoms with van der Waals surface area (Å²) in [6, 6.07) is 17.7. The van der Waals surface area contributed by atoms with Gasteiger partial charge in [-0.1, -0.05) is 55.5 Å². The van der Waals surface area contributed by atoms with Crippen LogP contribution in [0, 0.1) is 19.8 Å². The number of benzene rings is 2. The van der Waals surface area contributed by atoms with Gasteiger partial charge in [-0.25, -0.2) is 0 Å². The number of aryl methyl sites for hydroxylation is 2. The molecule has 0 aliphatic rings. The third-order valence-corrected chi connectivity index (χ3v) is 4.21. The predicted octanol–water partition coefficient (Wildman–Crippen LogP) is 4.44. The second-order valence-electron chi connectivity index (χ2n) is 5.73. The normalized spacial score (nSPS) is 14.0. The molecule has 2 rings (SSSR count). The van der Waals surface area contributed by atoms with Gasteiger partial charge in [0.15, 0.2) is 0 Å². The van der Waals surface area contributed by atoms with E-state index < -0.39 is 0 Å². The molecule has 2 aromatic carbocycles. The van der Waals surface area contributed by atoms with E-state index in [4.69, 9.17) is 0 Å². The summed E-state index contributed by atoms with van der Waals surface area (Å²) in [6.45, 7) is 6.76. The fraction of sp³-hybridized carbons (Fsp3) is 0.368. The monoisotopic (exact) mass is 267 g/mol. The van der Waals surface area contributed by atoms with Crippen LogP contribution in [-0.4, -0.2) is 7.05 Å². The lowest BCUT2D eigenvalue weighted by Gasteiger charge is -2.25. The van der Waals surface area contributed by atoms with Crippen LogP contribution in [0.25, 0.3) is 0 Å². The largest absolute Gasteiger partial charge is 0.313 e. The minimum absolute atomic E-state index is 0.398. The quantitative estimate of drug-likeness (QED) is 0.844. The van der Waals surface area contributed by atoms with Gasteiger partial charge in [-0.15, -0.1) is 0 Å². The van der Waals surface area contributed by atoms with E-state index in [1.807, 2.05) is 0 Å². The SMILES string of the molecule is CNC(c1ccccc1)C(C)Cc1c(C)cccc1C. The predicted molar refractivity (Wildman–Crippen MR) is 87.0 cm³/mol. The van der Waals surface area contributed by atoms with E-state index in [0.29, 0.717) is 12.0 Å². The highest BCUT2D eigenvalue weighted by molar-refractivity contribution is 5.34. The molecule has 1 heteroatoms. The van der Waals surface area contributed by atoms with Crippen molar-refractivity contribution < 1.29 is 0 Å². The van der Waals surface area contributed by atoms with Crippen molar-refractivity contribution in [3.63, 3.8) is 0 Å². The molecule has 1 nitrogen and oxygen atoms in total. The lowest BCUT2D eigenvalue weighted by molar-refractivity contribution is 0.408. The third-order valence-electron chi connectivity index (χ3n) is 4.21. The summed E-state index contributed by atoms with van der Waals surface area (Å²) in [5.74, 6) is 0.558. The fourth-order valence-corrected chi connectivity index (χ4v) is 3.05. The Morgan fingerprint density at radius 1 is 0.900 bits per heavy atom. The summed E-state index contributed by atoms with van der Waals surface area (Å²) in [6.07, 6.45) is 1.11. The molecule has 0 aromatic heterocycles. The molecule has 0 bridgehead atoms. The zero-order valence-corrected chi connectivity index (χ0v) is 13.0. The molecular formula is C19H25N. The molecule has 0 saturated carbocycles. The first-order valence-corrected chi connectivity index (χ1v) is 7.40. The Morgan fingerprint density at radius 2 is 1.50 bits per heavy atom. The van der Waals surface area contributed by atoms with Crippen molar-refractivity contribution in [2.45, 2.75) is 33.2 Å². The van der Waals surface area contributed by atoms with Gasteiger partial charge in [-0.2, -0.15) is 0 Å². The standard InChI is InChI=1S/C19H25N/c1-14-9-8-10-15(2)18(14)13-16(3)19(20-4)17-11-6-5-7-12-17/h5-12,16,19-20H,13H2,1-4H3. The van der Waals surface area contributed by atoms with E-state index in [2.05, 4.69) is 81.7 Å². The molecule has 20 heavy (non-hydrogen) atoms. The van der Waals surface area contributed by atoms with Gasteiger partial charge in [-0.3, -0.25) is 0 Å². The molecule has 0 radical (unpaired) electrons. The average Bonchev–Trinajstić information content (AvgIpc) is 2.45. The molecule has 0 amide bonds. The first-order chi connectivity index (χ1) is 9.63. The van der Waals surface area contributed by atoms with Gasteiger partial charge in [0.1, 0.15) is 0 Å². The molecule has 0 heterocycles. The van der Waals surface area contributed by atoms with Gasteiger partial charge >= 0.3 is 0 Å². The van der Waals surface area contributed by atoms with Gasteiger partial charge in [0.25, 0.3) is 0 Å². The van der Waals surface area contributed by atoms with Crippen LogP contribution in [0.2, 0.25) is 0 Å². The molecule has 2 aromatic rings. The minimum Gasteiger partial charge on any atom is -0.313 e. The molecule has 1 N–H and O–H groups in total. The first-order valence-electron chi connectivity index (χ1n) is 7.40. The highest BCUT2D eigenvalue weighted by Crippen LogP contribution is 2.27. The zero-order valence-electron chi connectivity index (χ0n) is 13.0. The highest BCUT2D eigenvalue weighted by atomic mass is 14.9. The summed E-state index contributed by atoms with van der Waals surface area (Å²) in [5, 5.41) is 3.48. The lowest BCUT2D eigenvalue weighted by atomic mass is 9.86. The Kier molecular flexibility index (Phi) is 4.97. The molecule has 0 aliphatic heterocycles. The Labute approximate surface area is 123 Å². The van der Waals surface area contributed by atoms with Crippen molar-refractivity contribution in [3.8, 4) is 0 Å². The summed E-state index contributed by atoms with van der Waals surface area (Å²) < 4.78 is 0. The summed E-state index contributed by atoms with van der Waals surface area (Å²) in [7, 11) is 2.05. The van der Waals surface area contributed by atoms with Crippen LogP contribution in [0.5, 0.6) is 0 Å². The Bertz CT molecular complexity index is 525. The molecule has 0 fully saturated rings. The Morgan fingerprint density at radius 3 is 2.05 bits per heavy atom. The Balaban J connectivity index is 2.20. The number of rotatable bonds is 5. The third kappa shape index (κ3) is 3.29. The maximum absolute atomic E-state index is 3.48. The number of hydrogen-bond donors (Lipinski definition) is 1. The first kappa shape index (κ1) is 14.8. The fourth-order valence-electron chi connectivity index (χ4n) is 3.05. The van der Waals surface area contributed by atoms with Crippen LogP contribution < -0.4 is 5.32 Å². The van der Waals surface area contributed by atoms with Crippen molar-refractivity contribution in [1.29, 1.82) is 0 Å². The maximum Gasteiger partial charge on any atom is 0.0346 e. The van der Waals surface area contributed by atoms with Gasteiger partial charge in [-0.05, 0) is 55.5 Å². The van der Waals surface area contributed by atoms with Crippen molar-refractivity contribution in [3.05, 3.63) is 70.8 Å². The van der Waals surface area contributed by atoms with E-state index in [1.54, 1.807) is 0 Å². The van der Waals surface area contributed by atoms with E-state index in [-0.39, 0.29) is 0 Å². The van der Waals surface area contributed by atoms with Crippen molar-refractivity contribution in [2.75, 3.05) is 7.05 Å². The van der Waals surface area contributed by atoms with Gasteiger partial charge < -0.3 is 5.32 Å². The Hall–Kier alpha value is -1.60. The van der Waals surface area contributed by atoms with Crippen molar-refractivity contribution in [1.82, 2.24) is 5.32 Å². The second kappa shape index (κ2) is 6.71. The molecule has 0 aliphatic carbocycles. The van der Waals surface area contributed by atoms with E-state index >= 15 is 0 Å². The second-order valence-corrected chi connectivity index (χ2v) is 5.73. The highest BCUT2D eigenvalue weighted by Gasteiger charge is 2.19. The van der Waals surface area contributed by atoms with Gasteiger partial charge in [0.05, 0.1) is 0 Å². The smallest absolute Gasteiger partial charge is 0.0346 e. The van der Waals surface area contributed by atoms with Crippen molar-refractivity contribution in [2.24, 2.45) is 5.92 Å². The van der Waals surface area contributed by atoms with Crippen LogP contribution in [-0.2, 0) is 6.42 Å². The van der Waals surface area contributed by atoms with Crippen LogP contribution in [0.4, 0.5) is 0 Å². The zero-order chi connectivity index (χ0) is 14.5. The van der Waals surface area contributed by atoms with Crippen molar-refractivity contribution >= 4 is 0 Å². The summed E-state index contributed by atoms with van der Waals surface area (Å²) in [4.78, 5) is 0. The molecule has 2 unspecified atom stereocenters. The number of hydrogen-bond acceptors (Lipinski definition) is 1. The van der Waals surface area contributed by atoms with E-state index in [1.165, 1.54) is 22.3 Å². The summed E-state index contributed by atoms with van der Waals surface area (Å²) >= 11 is 0. The molecule has 106 valence electrons. The van der Waals surface area contributed by atoms with Gasteiger partial charge in [0.2, 0.25) is 0 Å². The summed E-state index contributed by atoms with van der Waals surface area (Å²) in [5.41, 5.74) is 5.67. The van der Waals surface area contributed by atoms with Crippen LogP contribution in [0.15, 0.2) is 48.5 Å². The lowest BCUT2D eigenvalue weighted by Crippen LogP contribution is -2.25. The van der Waals surface area contributed by atoms with Crippen LogP contribution >= 0.6 is 0 Å². The maximum atomic E-state index is 3.48. The van der Waals surface area contributed by atoms with Crippen LogP contribution in [0.1, 0.15) is 35.2 Å². The molecule has 2 atom stereocenters. The topological polar surface area (TPSA) is 12.0 Å². The molecular weight excluding hydrogens is 242 g/mol. The average molecular weight is 267 g/mol.